The van der Waals surface area contributed by atoms with Gasteiger partial charge in [-0.05, 0) is 49.2 Å². The molecular weight excluding hydrogens is 387 g/mol. The van der Waals surface area contributed by atoms with Gasteiger partial charge in [-0.2, -0.15) is 4.72 Å². The molecule has 9 heteroatoms. The number of rotatable bonds is 6. The number of carbonyl (C=O) groups excluding carboxylic acids is 2. The molecule has 0 radical (unpaired) electrons. The first-order chi connectivity index (χ1) is 13.3. The van der Waals surface area contributed by atoms with Crippen LogP contribution in [0.5, 0.6) is 0 Å². The van der Waals surface area contributed by atoms with Crippen molar-refractivity contribution in [1.29, 1.82) is 0 Å². The van der Waals surface area contributed by atoms with Crippen molar-refractivity contribution in [3.8, 4) is 0 Å². The van der Waals surface area contributed by atoms with Gasteiger partial charge in [0, 0.05) is 12.2 Å². The van der Waals surface area contributed by atoms with Crippen molar-refractivity contribution >= 4 is 27.6 Å². The molecule has 148 valence electrons. The average Bonchev–Trinajstić information content (AvgIpc) is 3.10. The molecule has 0 unspecified atom stereocenters. The van der Waals surface area contributed by atoms with E-state index >= 15 is 0 Å². The van der Waals surface area contributed by atoms with E-state index < -0.39 is 34.5 Å². The molecule has 0 saturated heterocycles. The van der Waals surface area contributed by atoms with Crippen molar-refractivity contribution < 1.29 is 27.1 Å². The van der Waals surface area contributed by atoms with Crippen molar-refractivity contribution in [3.05, 3.63) is 59.9 Å². The fourth-order valence-corrected chi connectivity index (χ4v) is 3.90. The number of nitrogens with zero attached hydrogens (tertiary/aromatic N) is 1. The molecule has 2 aromatic rings. The Labute approximate surface area is 162 Å². The van der Waals surface area contributed by atoms with Gasteiger partial charge in [-0.3, -0.25) is 9.59 Å². The second-order valence-electron chi connectivity index (χ2n) is 6.28. The highest BCUT2D eigenvalue weighted by molar-refractivity contribution is 7.89. The zero-order chi connectivity index (χ0) is 20.3. The molecule has 0 bridgehead atoms. The first-order valence-electron chi connectivity index (χ1n) is 8.62. The lowest BCUT2D eigenvalue weighted by atomic mass is 10.2. The van der Waals surface area contributed by atoms with Gasteiger partial charge in [0.1, 0.15) is 12.4 Å². The molecule has 1 heterocycles. The Morgan fingerprint density at radius 1 is 1.18 bits per heavy atom. The van der Waals surface area contributed by atoms with Crippen LogP contribution in [0.2, 0.25) is 0 Å². The summed E-state index contributed by atoms with van der Waals surface area (Å²) in [6, 6.07) is 11.6. The Balaban J connectivity index is 1.56. The molecule has 1 N–H and O–H groups in total. The van der Waals surface area contributed by atoms with Crippen molar-refractivity contribution in [2.24, 2.45) is 0 Å². The summed E-state index contributed by atoms with van der Waals surface area (Å²) in [5, 5.41) is 0. The maximum absolute atomic E-state index is 12.9. The first-order valence-corrected chi connectivity index (χ1v) is 10.1. The van der Waals surface area contributed by atoms with Crippen LogP contribution < -0.4 is 9.62 Å². The lowest BCUT2D eigenvalue weighted by Crippen LogP contribution is -2.41. The van der Waals surface area contributed by atoms with E-state index in [1.165, 1.54) is 6.92 Å². The first kappa shape index (κ1) is 20.0. The third-order valence-corrected chi connectivity index (χ3v) is 5.76. The van der Waals surface area contributed by atoms with Gasteiger partial charge in [-0.1, -0.05) is 18.2 Å². The monoisotopic (exact) mass is 406 g/mol. The van der Waals surface area contributed by atoms with Crippen LogP contribution in [0.4, 0.5) is 10.1 Å². The highest BCUT2D eigenvalue weighted by atomic mass is 32.2. The molecule has 0 fully saturated rings. The predicted molar refractivity (Wildman–Crippen MR) is 99.6 cm³/mol. The lowest BCUT2D eigenvalue weighted by Gasteiger charge is -2.21. The molecule has 0 aliphatic carbocycles. The molecule has 2 aromatic carbocycles. The van der Waals surface area contributed by atoms with Crippen molar-refractivity contribution in [3.63, 3.8) is 0 Å². The second kappa shape index (κ2) is 8.07. The van der Waals surface area contributed by atoms with Crippen LogP contribution in [-0.2, 0) is 30.8 Å². The molecular formula is C19H19FN2O5S. The van der Waals surface area contributed by atoms with E-state index in [0.29, 0.717) is 6.54 Å². The number of anilines is 1. The van der Waals surface area contributed by atoms with E-state index in [2.05, 4.69) is 4.72 Å². The van der Waals surface area contributed by atoms with Crippen LogP contribution in [0.15, 0.2) is 53.4 Å². The Morgan fingerprint density at radius 3 is 2.57 bits per heavy atom. The standard InChI is InChI=1S/C19H19FN2O5S/c1-13(19(24)22-11-10-14-4-2-3-5-17(14)22)27-18(23)12-21-28(25,26)16-8-6-15(20)7-9-16/h2-9,13,21H,10-12H2,1H3/t13-/m0/s1. The topological polar surface area (TPSA) is 92.8 Å². The summed E-state index contributed by atoms with van der Waals surface area (Å²) in [5.74, 6) is -1.84. The van der Waals surface area contributed by atoms with Gasteiger partial charge in [0.05, 0.1) is 4.90 Å². The zero-order valence-electron chi connectivity index (χ0n) is 15.1. The summed E-state index contributed by atoms with van der Waals surface area (Å²) in [4.78, 5) is 25.9. The van der Waals surface area contributed by atoms with Crippen LogP contribution in [0.25, 0.3) is 0 Å². The number of nitrogens with one attached hydrogen (secondary N) is 1. The van der Waals surface area contributed by atoms with Crippen molar-refractivity contribution in [1.82, 2.24) is 4.72 Å². The van der Waals surface area contributed by atoms with E-state index in [1.807, 2.05) is 24.3 Å². The van der Waals surface area contributed by atoms with E-state index in [9.17, 15) is 22.4 Å². The third kappa shape index (κ3) is 4.37. The molecule has 0 saturated carbocycles. The predicted octanol–water partition coefficient (Wildman–Crippen LogP) is 1.62. The molecule has 7 nitrogen and oxygen atoms in total. The normalized spacial score (nSPS) is 14.4. The van der Waals surface area contributed by atoms with Crippen LogP contribution in [0.3, 0.4) is 0 Å². The number of fused-ring (bicyclic) bond motifs is 1. The van der Waals surface area contributed by atoms with Crippen molar-refractivity contribution in [2.75, 3.05) is 18.0 Å². The number of hydrogen-bond acceptors (Lipinski definition) is 5. The van der Waals surface area contributed by atoms with Gasteiger partial charge in [-0.15, -0.1) is 0 Å². The molecule has 3 rings (SSSR count). The van der Waals surface area contributed by atoms with Gasteiger partial charge in [0.15, 0.2) is 6.10 Å². The molecule has 1 amide bonds. The minimum Gasteiger partial charge on any atom is -0.452 e. The Bertz CT molecular complexity index is 992. The fraction of sp³-hybridized carbons (Fsp3) is 0.263. The quantitative estimate of drug-likeness (QED) is 0.736. The van der Waals surface area contributed by atoms with Crippen LogP contribution in [-0.4, -0.2) is 39.5 Å². The lowest BCUT2D eigenvalue weighted by molar-refractivity contribution is -0.152. The Morgan fingerprint density at radius 2 is 1.86 bits per heavy atom. The fourth-order valence-electron chi connectivity index (χ4n) is 2.93. The number of sulfonamides is 1. The number of amides is 1. The van der Waals surface area contributed by atoms with Gasteiger partial charge in [0.25, 0.3) is 5.91 Å². The van der Waals surface area contributed by atoms with Gasteiger partial charge in [0.2, 0.25) is 10.0 Å². The van der Waals surface area contributed by atoms with Crippen LogP contribution >= 0.6 is 0 Å². The van der Waals surface area contributed by atoms with E-state index in [1.54, 1.807) is 4.90 Å². The third-order valence-electron chi connectivity index (χ3n) is 4.34. The number of ether oxygens (including phenoxy) is 1. The number of esters is 1. The number of halogens is 1. The van der Waals surface area contributed by atoms with Gasteiger partial charge >= 0.3 is 5.97 Å². The Hall–Kier alpha value is -2.78. The summed E-state index contributed by atoms with van der Waals surface area (Å²) >= 11 is 0. The molecule has 0 spiro atoms. The molecule has 0 aromatic heterocycles. The molecule has 1 aliphatic heterocycles. The summed E-state index contributed by atoms with van der Waals surface area (Å²) in [6.07, 6.45) is -0.339. The largest absolute Gasteiger partial charge is 0.452 e. The Kier molecular flexibility index (Phi) is 5.76. The van der Waals surface area contributed by atoms with Crippen LogP contribution in [0, 0.1) is 5.82 Å². The van der Waals surface area contributed by atoms with Gasteiger partial charge < -0.3 is 9.64 Å². The minimum absolute atomic E-state index is 0.181. The van der Waals surface area contributed by atoms with Crippen molar-refractivity contribution in [2.45, 2.75) is 24.3 Å². The maximum Gasteiger partial charge on any atom is 0.321 e. The summed E-state index contributed by atoms with van der Waals surface area (Å²) < 4.78 is 44.2. The van der Waals surface area contributed by atoms with Crippen LogP contribution in [0.1, 0.15) is 12.5 Å². The zero-order valence-corrected chi connectivity index (χ0v) is 15.9. The number of carbonyl (C=O) groups is 2. The van der Waals surface area contributed by atoms with E-state index in [4.69, 9.17) is 4.74 Å². The molecule has 1 aliphatic rings. The SMILES string of the molecule is C[C@H](OC(=O)CNS(=O)(=O)c1ccc(F)cc1)C(=O)N1CCc2ccccc21. The smallest absolute Gasteiger partial charge is 0.321 e. The summed E-state index contributed by atoms with van der Waals surface area (Å²) in [6.45, 7) is 1.29. The second-order valence-corrected chi connectivity index (χ2v) is 8.05. The average molecular weight is 406 g/mol. The number of para-hydroxylation sites is 1. The minimum atomic E-state index is -4.00. The highest BCUT2D eigenvalue weighted by Gasteiger charge is 2.30. The highest BCUT2D eigenvalue weighted by Crippen LogP contribution is 2.28. The summed E-state index contributed by atoms with van der Waals surface area (Å²) in [7, 11) is -4.00. The van der Waals surface area contributed by atoms with E-state index in [0.717, 1.165) is 41.9 Å². The molecule has 1 atom stereocenters. The molecule has 28 heavy (non-hydrogen) atoms. The van der Waals surface area contributed by atoms with E-state index in [-0.39, 0.29) is 10.8 Å². The number of hydrogen-bond donors (Lipinski definition) is 1. The maximum atomic E-state index is 12.9. The number of benzene rings is 2. The van der Waals surface area contributed by atoms with Gasteiger partial charge in [-0.25, -0.2) is 12.8 Å². The summed E-state index contributed by atoms with van der Waals surface area (Å²) in [5.41, 5.74) is 1.83.